The van der Waals surface area contributed by atoms with Crippen molar-refractivity contribution in [2.75, 3.05) is 34.3 Å². The molecule has 1 aliphatic rings. The molecular formula is C22H29N3O3S. The molecule has 7 heteroatoms. The van der Waals surface area contributed by atoms with Gasteiger partial charge in [0.05, 0.1) is 19.6 Å². The van der Waals surface area contributed by atoms with Crippen molar-refractivity contribution in [3.05, 3.63) is 52.2 Å². The van der Waals surface area contributed by atoms with E-state index in [1.54, 1.807) is 42.3 Å². The molecule has 0 saturated carbocycles. The largest absolute Gasteiger partial charge is 0.496 e. The first-order valence-corrected chi connectivity index (χ1v) is 10.8. The van der Waals surface area contributed by atoms with Crippen molar-refractivity contribution < 1.29 is 14.3 Å². The molecule has 1 fully saturated rings. The second-order valence-corrected chi connectivity index (χ2v) is 8.58. The van der Waals surface area contributed by atoms with Crippen LogP contribution in [0.3, 0.4) is 0 Å². The lowest BCUT2D eigenvalue weighted by molar-refractivity contribution is -0.138. The van der Waals surface area contributed by atoms with Crippen molar-refractivity contribution in [1.29, 1.82) is 0 Å². The number of hydrogen-bond acceptors (Lipinski definition) is 4. The average Bonchev–Trinajstić information content (AvgIpc) is 3.25. The van der Waals surface area contributed by atoms with Crippen molar-refractivity contribution >= 4 is 23.3 Å². The Morgan fingerprint density at radius 3 is 2.66 bits per heavy atom. The van der Waals surface area contributed by atoms with Crippen LogP contribution in [0.5, 0.6) is 5.75 Å². The maximum Gasteiger partial charge on any atom is 0.319 e. The highest BCUT2D eigenvalue weighted by atomic mass is 32.1. The third-order valence-electron chi connectivity index (χ3n) is 5.22. The SMILES string of the molecule is COc1ccccc1CN(Cc1cccs1)C(=O)[C@H]1CCCN(C(=O)N(C)C)C1. The van der Waals surface area contributed by atoms with Crippen molar-refractivity contribution in [3.8, 4) is 5.75 Å². The summed E-state index contributed by atoms with van der Waals surface area (Å²) in [7, 11) is 5.15. The second kappa shape index (κ2) is 9.78. The van der Waals surface area contributed by atoms with Crippen molar-refractivity contribution in [3.63, 3.8) is 0 Å². The van der Waals surface area contributed by atoms with Gasteiger partial charge in [0.2, 0.25) is 5.91 Å². The average molecular weight is 416 g/mol. The third-order valence-corrected chi connectivity index (χ3v) is 6.08. The Morgan fingerprint density at radius 1 is 1.17 bits per heavy atom. The Morgan fingerprint density at radius 2 is 1.97 bits per heavy atom. The molecule has 0 spiro atoms. The van der Waals surface area contributed by atoms with E-state index in [1.807, 2.05) is 40.6 Å². The molecule has 0 radical (unpaired) electrons. The van der Waals surface area contributed by atoms with E-state index < -0.39 is 0 Å². The minimum Gasteiger partial charge on any atom is -0.496 e. The molecule has 1 atom stereocenters. The summed E-state index contributed by atoms with van der Waals surface area (Å²) in [4.78, 5) is 32.3. The van der Waals surface area contributed by atoms with Gasteiger partial charge in [0.15, 0.2) is 0 Å². The first kappa shape index (κ1) is 21.2. The van der Waals surface area contributed by atoms with Gasteiger partial charge in [-0.1, -0.05) is 24.3 Å². The van der Waals surface area contributed by atoms with E-state index in [0.29, 0.717) is 26.2 Å². The van der Waals surface area contributed by atoms with Gasteiger partial charge in [-0.15, -0.1) is 11.3 Å². The Balaban J connectivity index is 1.79. The van der Waals surface area contributed by atoms with Gasteiger partial charge >= 0.3 is 6.03 Å². The molecule has 3 amide bonds. The van der Waals surface area contributed by atoms with Crippen LogP contribution >= 0.6 is 11.3 Å². The zero-order valence-corrected chi connectivity index (χ0v) is 18.2. The molecule has 0 aliphatic carbocycles. The van der Waals surface area contributed by atoms with Crippen molar-refractivity contribution in [2.24, 2.45) is 5.92 Å². The summed E-state index contributed by atoms with van der Waals surface area (Å²) in [6.45, 7) is 2.23. The Hall–Kier alpha value is -2.54. The number of nitrogens with zero attached hydrogens (tertiary/aromatic N) is 3. The fraction of sp³-hybridized carbons (Fsp3) is 0.455. The standard InChI is InChI=1S/C22H29N3O3S/c1-23(2)22(27)24-12-6-9-18(15-24)21(26)25(16-19-10-7-13-29-19)14-17-8-4-5-11-20(17)28-3/h4-5,7-8,10-11,13,18H,6,9,12,14-16H2,1-3H3/t18-/m0/s1. The van der Waals surface area contributed by atoms with E-state index in [0.717, 1.165) is 29.0 Å². The number of thiophene rings is 1. The molecule has 6 nitrogen and oxygen atoms in total. The van der Waals surface area contributed by atoms with Gasteiger partial charge in [0.25, 0.3) is 0 Å². The number of urea groups is 1. The van der Waals surface area contributed by atoms with Crippen LogP contribution in [-0.2, 0) is 17.9 Å². The maximum atomic E-state index is 13.5. The van der Waals surface area contributed by atoms with Crippen LogP contribution in [0.2, 0.25) is 0 Å². The zero-order valence-electron chi connectivity index (χ0n) is 17.3. The highest BCUT2D eigenvalue weighted by molar-refractivity contribution is 7.09. The predicted molar refractivity (Wildman–Crippen MR) is 115 cm³/mol. The molecule has 3 rings (SSSR count). The third kappa shape index (κ3) is 5.29. The van der Waals surface area contributed by atoms with Crippen LogP contribution in [0.4, 0.5) is 4.79 Å². The number of amides is 3. The predicted octanol–water partition coefficient (Wildman–Crippen LogP) is 3.68. The van der Waals surface area contributed by atoms with E-state index in [2.05, 4.69) is 6.07 Å². The first-order valence-electron chi connectivity index (χ1n) is 9.89. The van der Waals surface area contributed by atoms with Crippen LogP contribution < -0.4 is 4.74 Å². The van der Waals surface area contributed by atoms with Crippen LogP contribution in [0.15, 0.2) is 41.8 Å². The molecule has 2 aromatic rings. The number of ether oxygens (including phenoxy) is 1. The summed E-state index contributed by atoms with van der Waals surface area (Å²) in [5, 5.41) is 2.03. The van der Waals surface area contributed by atoms with E-state index in [1.165, 1.54) is 0 Å². The number of carbonyl (C=O) groups is 2. The lowest BCUT2D eigenvalue weighted by Gasteiger charge is -2.36. The fourth-order valence-corrected chi connectivity index (χ4v) is 4.45. The quantitative estimate of drug-likeness (QED) is 0.723. The van der Waals surface area contributed by atoms with Crippen molar-refractivity contribution in [1.82, 2.24) is 14.7 Å². The number of rotatable bonds is 6. The highest BCUT2D eigenvalue weighted by Crippen LogP contribution is 2.26. The van der Waals surface area contributed by atoms with Gasteiger partial charge in [0, 0.05) is 44.2 Å². The van der Waals surface area contributed by atoms with Crippen LogP contribution in [0.1, 0.15) is 23.3 Å². The monoisotopic (exact) mass is 415 g/mol. The van der Waals surface area contributed by atoms with Gasteiger partial charge in [-0.25, -0.2) is 4.79 Å². The van der Waals surface area contributed by atoms with E-state index in [9.17, 15) is 9.59 Å². The van der Waals surface area contributed by atoms with Gasteiger partial charge in [-0.05, 0) is 30.4 Å². The number of hydrogen-bond donors (Lipinski definition) is 0. The normalized spacial score (nSPS) is 16.4. The highest BCUT2D eigenvalue weighted by Gasteiger charge is 2.32. The van der Waals surface area contributed by atoms with Crippen LogP contribution in [-0.4, -0.2) is 60.9 Å². The molecule has 1 aromatic heterocycles. The van der Waals surface area contributed by atoms with Crippen LogP contribution in [0, 0.1) is 5.92 Å². The number of likely N-dealkylation sites (tertiary alicyclic amines) is 1. The Bertz CT molecular complexity index is 822. The minimum atomic E-state index is -0.178. The summed E-state index contributed by atoms with van der Waals surface area (Å²) in [5.74, 6) is 0.701. The fourth-order valence-electron chi connectivity index (χ4n) is 3.74. The van der Waals surface area contributed by atoms with Gasteiger partial charge in [-0.3, -0.25) is 4.79 Å². The molecule has 156 valence electrons. The number of para-hydroxylation sites is 1. The molecule has 2 heterocycles. The lowest BCUT2D eigenvalue weighted by atomic mass is 9.96. The molecule has 29 heavy (non-hydrogen) atoms. The van der Waals surface area contributed by atoms with Gasteiger partial charge < -0.3 is 19.4 Å². The number of benzene rings is 1. The smallest absolute Gasteiger partial charge is 0.319 e. The molecule has 0 N–H and O–H groups in total. The van der Waals surface area contributed by atoms with E-state index >= 15 is 0 Å². The van der Waals surface area contributed by atoms with Crippen molar-refractivity contribution in [2.45, 2.75) is 25.9 Å². The van der Waals surface area contributed by atoms with Gasteiger partial charge in [-0.2, -0.15) is 0 Å². The summed E-state index contributed by atoms with van der Waals surface area (Å²) >= 11 is 1.65. The number of piperidine rings is 1. The maximum absolute atomic E-state index is 13.5. The summed E-state index contributed by atoms with van der Waals surface area (Å²) in [6, 6.07) is 11.8. The minimum absolute atomic E-state index is 0.0305. The molecule has 0 bridgehead atoms. The molecule has 1 aromatic carbocycles. The number of methoxy groups -OCH3 is 1. The first-order chi connectivity index (χ1) is 14.0. The van der Waals surface area contributed by atoms with E-state index in [4.69, 9.17) is 4.74 Å². The second-order valence-electron chi connectivity index (χ2n) is 7.55. The molecule has 1 saturated heterocycles. The summed E-state index contributed by atoms with van der Waals surface area (Å²) in [5.41, 5.74) is 0.983. The molecular weight excluding hydrogens is 386 g/mol. The van der Waals surface area contributed by atoms with E-state index in [-0.39, 0.29) is 17.9 Å². The molecule has 0 unspecified atom stereocenters. The lowest BCUT2D eigenvalue weighted by Crippen LogP contribution is -2.49. The summed E-state index contributed by atoms with van der Waals surface area (Å²) in [6.07, 6.45) is 1.65. The Labute approximate surface area is 176 Å². The topological polar surface area (TPSA) is 53.1 Å². The summed E-state index contributed by atoms with van der Waals surface area (Å²) < 4.78 is 5.49. The number of carbonyl (C=O) groups excluding carboxylic acids is 2. The Kier molecular flexibility index (Phi) is 7.14. The zero-order chi connectivity index (χ0) is 20.8. The van der Waals surface area contributed by atoms with Gasteiger partial charge in [0.1, 0.15) is 5.75 Å². The van der Waals surface area contributed by atoms with Crippen LogP contribution in [0.25, 0.3) is 0 Å². The molecule has 1 aliphatic heterocycles.